The van der Waals surface area contributed by atoms with E-state index in [1.807, 2.05) is 19.1 Å². The molecule has 0 aliphatic heterocycles. The number of aromatic nitrogens is 1. The fraction of sp³-hybridized carbons (Fsp3) is 0.143. The molecule has 0 aliphatic carbocycles. The minimum atomic E-state index is -0.288. The molecule has 0 unspecified atom stereocenters. The van der Waals surface area contributed by atoms with Crippen LogP contribution in [0.4, 0.5) is 11.4 Å². The first-order chi connectivity index (χ1) is 9.11. The van der Waals surface area contributed by atoms with Crippen LogP contribution in [-0.2, 0) is 0 Å². The van der Waals surface area contributed by atoms with Crippen LogP contribution >= 0.6 is 0 Å². The third-order valence-electron chi connectivity index (χ3n) is 2.70. The van der Waals surface area contributed by atoms with Crippen molar-refractivity contribution in [2.24, 2.45) is 0 Å². The van der Waals surface area contributed by atoms with Gasteiger partial charge in [0.15, 0.2) is 0 Å². The molecule has 0 aliphatic rings. The van der Waals surface area contributed by atoms with Gasteiger partial charge in [0.1, 0.15) is 5.75 Å². The third-order valence-corrected chi connectivity index (χ3v) is 2.70. The zero-order valence-electron chi connectivity index (χ0n) is 10.8. The highest BCUT2D eigenvalue weighted by molar-refractivity contribution is 6.08. The van der Waals surface area contributed by atoms with E-state index in [1.54, 1.807) is 19.2 Å². The number of hydrogen-bond acceptors (Lipinski definition) is 4. The van der Waals surface area contributed by atoms with Gasteiger partial charge >= 0.3 is 0 Å². The fourth-order valence-electron chi connectivity index (χ4n) is 1.72. The van der Waals surface area contributed by atoms with Gasteiger partial charge in [-0.2, -0.15) is 0 Å². The minimum absolute atomic E-state index is 0.288. The Bertz CT molecular complexity index is 611. The first-order valence-electron chi connectivity index (χ1n) is 5.77. The molecule has 1 aromatic heterocycles. The van der Waals surface area contributed by atoms with Gasteiger partial charge in [0.05, 0.1) is 30.2 Å². The zero-order chi connectivity index (χ0) is 13.8. The highest BCUT2D eigenvalue weighted by atomic mass is 16.5. The number of aryl methyl sites for hydroxylation is 1. The van der Waals surface area contributed by atoms with Crippen molar-refractivity contribution in [3.05, 3.63) is 47.8 Å². The minimum Gasteiger partial charge on any atom is -0.495 e. The molecule has 0 fully saturated rings. The zero-order valence-corrected chi connectivity index (χ0v) is 10.8. The molecule has 1 amide bonds. The van der Waals surface area contributed by atoms with Crippen LogP contribution in [0.15, 0.2) is 36.7 Å². The van der Waals surface area contributed by atoms with Crippen molar-refractivity contribution in [1.82, 2.24) is 4.98 Å². The molecular weight excluding hydrogens is 242 g/mol. The van der Waals surface area contributed by atoms with Crippen LogP contribution in [0.3, 0.4) is 0 Å². The Morgan fingerprint density at radius 3 is 2.84 bits per heavy atom. The molecule has 98 valence electrons. The second-order valence-electron chi connectivity index (χ2n) is 4.12. The van der Waals surface area contributed by atoms with Gasteiger partial charge in [0.25, 0.3) is 5.91 Å². The lowest BCUT2D eigenvalue weighted by Gasteiger charge is -2.11. The quantitative estimate of drug-likeness (QED) is 0.884. The van der Waals surface area contributed by atoms with Crippen molar-refractivity contribution in [3.8, 4) is 5.75 Å². The Morgan fingerprint density at radius 1 is 1.37 bits per heavy atom. The Hall–Kier alpha value is -2.56. The predicted molar refractivity (Wildman–Crippen MR) is 74.3 cm³/mol. The second kappa shape index (κ2) is 5.39. The molecule has 1 heterocycles. The number of methoxy groups -OCH3 is 1. The van der Waals surface area contributed by atoms with Crippen molar-refractivity contribution in [1.29, 1.82) is 0 Å². The molecule has 0 spiro atoms. The summed E-state index contributed by atoms with van der Waals surface area (Å²) in [4.78, 5) is 16.0. The van der Waals surface area contributed by atoms with Crippen LogP contribution in [0.5, 0.6) is 5.75 Å². The lowest BCUT2D eigenvalue weighted by atomic mass is 10.1. The van der Waals surface area contributed by atoms with Crippen molar-refractivity contribution in [2.75, 3.05) is 18.2 Å². The van der Waals surface area contributed by atoms with E-state index in [9.17, 15) is 4.79 Å². The average Bonchev–Trinajstić information content (AvgIpc) is 2.39. The fourth-order valence-corrected chi connectivity index (χ4v) is 1.72. The van der Waals surface area contributed by atoms with Gasteiger partial charge < -0.3 is 15.8 Å². The van der Waals surface area contributed by atoms with Gasteiger partial charge in [-0.05, 0) is 30.7 Å². The number of anilines is 2. The number of nitrogen functional groups attached to an aromatic ring is 1. The largest absolute Gasteiger partial charge is 0.495 e. The van der Waals surface area contributed by atoms with Crippen LogP contribution in [0.25, 0.3) is 0 Å². The maximum Gasteiger partial charge on any atom is 0.257 e. The third kappa shape index (κ3) is 2.82. The molecule has 2 rings (SSSR count). The number of pyridine rings is 1. The first-order valence-corrected chi connectivity index (χ1v) is 5.77. The number of ether oxygens (including phenoxy) is 1. The lowest BCUT2D eigenvalue weighted by Crippen LogP contribution is -2.14. The summed E-state index contributed by atoms with van der Waals surface area (Å²) in [7, 11) is 1.56. The summed E-state index contributed by atoms with van der Waals surface area (Å²) >= 11 is 0. The summed E-state index contributed by atoms with van der Waals surface area (Å²) in [5.74, 6) is 0.315. The van der Waals surface area contributed by atoms with Crippen LogP contribution < -0.4 is 15.8 Å². The van der Waals surface area contributed by atoms with Crippen molar-refractivity contribution in [2.45, 2.75) is 6.92 Å². The SMILES string of the molecule is COc1ccc(C)cc1NC(=O)c1ccncc1N. The lowest BCUT2D eigenvalue weighted by molar-refractivity contribution is 0.102. The molecule has 0 atom stereocenters. The number of hydrogen-bond donors (Lipinski definition) is 2. The van der Waals surface area contributed by atoms with Gasteiger partial charge in [0.2, 0.25) is 0 Å². The predicted octanol–water partition coefficient (Wildman–Crippen LogP) is 2.23. The Balaban J connectivity index is 2.29. The van der Waals surface area contributed by atoms with Gasteiger partial charge in [-0.1, -0.05) is 6.07 Å². The van der Waals surface area contributed by atoms with E-state index in [1.165, 1.54) is 12.4 Å². The van der Waals surface area contributed by atoms with Gasteiger partial charge in [-0.25, -0.2) is 0 Å². The van der Waals surface area contributed by atoms with E-state index in [4.69, 9.17) is 10.5 Å². The highest BCUT2D eigenvalue weighted by Gasteiger charge is 2.12. The summed E-state index contributed by atoms with van der Waals surface area (Å²) < 4.78 is 5.21. The highest BCUT2D eigenvalue weighted by Crippen LogP contribution is 2.26. The van der Waals surface area contributed by atoms with Crippen LogP contribution in [0, 0.1) is 6.92 Å². The van der Waals surface area contributed by atoms with Crippen molar-refractivity contribution in [3.63, 3.8) is 0 Å². The molecular formula is C14H15N3O2. The Kier molecular flexibility index (Phi) is 3.66. The summed E-state index contributed by atoms with van der Waals surface area (Å²) in [5.41, 5.74) is 8.09. The standard InChI is InChI=1S/C14H15N3O2/c1-9-3-4-13(19-2)12(7-9)17-14(18)10-5-6-16-8-11(10)15/h3-8H,15H2,1-2H3,(H,17,18). The van der Waals surface area contributed by atoms with Crippen LogP contribution in [0.1, 0.15) is 15.9 Å². The van der Waals surface area contributed by atoms with E-state index in [0.29, 0.717) is 22.7 Å². The number of amides is 1. The van der Waals surface area contributed by atoms with E-state index in [-0.39, 0.29) is 5.91 Å². The monoisotopic (exact) mass is 257 g/mol. The topological polar surface area (TPSA) is 77.2 Å². The van der Waals surface area contributed by atoms with Gasteiger partial charge in [0, 0.05) is 6.20 Å². The first kappa shape index (κ1) is 12.9. The van der Waals surface area contributed by atoms with Crippen molar-refractivity contribution >= 4 is 17.3 Å². The second-order valence-corrected chi connectivity index (χ2v) is 4.12. The van der Waals surface area contributed by atoms with Crippen LogP contribution in [-0.4, -0.2) is 18.0 Å². The normalized spacial score (nSPS) is 10.0. The number of nitrogens with two attached hydrogens (primary N) is 1. The van der Waals surface area contributed by atoms with E-state index < -0.39 is 0 Å². The van der Waals surface area contributed by atoms with E-state index in [0.717, 1.165) is 5.56 Å². The number of benzene rings is 1. The molecule has 5 heteroatoms. The molecule has 3 N–H and O–H groups in total. The number of nitrogens with zero attached hydrogens (tertiary/aromatic N) is 1. The van der Waals surface area contributed by atoms with Crippen LogP contribution in [0.2, 0.25) is 0 Å². The molecule has 5 nitrogen and oxygen atoms in total. The maximum atomic E-state index is 12.1. The van der Waals surface area contributed by atoms with E-state index >= 15 is 0 Å². The van der Waals surface area contributed by atoms with E-state index in [2.05, 4.69) is 10.3 Å². The number of nitrogens with one attached hydrogen (secondary N) is 1. The molecule has 0 radical (unpaired) electrons. The maximum absolute atomic E-state index is 12.1. The Morgan fingerprint density at radius 2 is 2.16 bits per heavy atom. The number of rotatable bonds is 3. The molecule has 0 saturated carbocycles. The van der Waals surface area contributed by atoms with Crippen molar-refractivity contribution < 1.29 is 9.53 Å². The summed E-state index contributed by atoms with van der Waals surface area (Å²) in [6.45, 7) is 1.94. The molecule has 0 saturated heterocycles. The van der Waals surface area contributed by atoms with Gasteiger partial charge in [-0.15, -0.1) is 0 Å². The molecule has 1 aromatic carbocycles. The summed E-state index contributed by atoms with van der Waals surface area (Å²) in [6, 6.07) is 7.14. The Labute approximate surface area is 111 Å². The molecule has 19 heavy (non-hydrogen) atoms. The number of carbonyl (C=O) groups is 1. The number of carbonyl (C=O) groups excluding carboxylic acids is 1. The average molecular weight is 257 g/mol. The smallest absolute Gasteiger partial charge is 0.257 e. The van der Waals surface area contributed by atoms with Gasteiger partial charge in [-0.3, -0.25) is 9.78 Å². The molecule has 0 bridgehead atoms. The summed E-state index contributed by atoms with van der Waals surface area (Å²) in [5, 5.41) is 2.79. The summed E-state index contributed by atoms with van der Waals surface area (Å²) in [6.07, 6.45) is 2.97. The molecule has 2 aromatic rings.